The average Bonchev–Trinajstić information content (AvgIpc) is 2.11. The molecule has 0 aromatic carbocycles. The number of esters is 1. The lowest BCUT2D eigenvalue weighted by Gasteiger charge is -2.18. The fourth-order valence-corrected chi connectivity index (χ4v) is 1.68. The Morgan fingerprint density at radius 2 is 2.17 bits per heavy atom. The molecule has 0 bridgehead atoms. The first kappa shape index (κ1) is 9.56. The van der Waals surface area contributed by atoms with Gasteiger partial charge < -0.3 is 4.74 Å². The van der Waals surface area contributed by atoms with Gasteiger partial charge in [0.25, 0.3) is 0 Å². The zero-order valence-electron chi connectivity index (χ0n) is 8.17. The van der Waals surface area contributed by atoms with Crippen LogP contribution in [0.3, 0.4) is 0 Å². The molecule has 0 aromatic heterocycles. The lowest BCUT2D eigenvalue weighted by molar-refractivity contribution is -0.144. The van der Waals surface area contributed by atoms with Crippen molar-refractivity contribution in [3.63, 3.8) is 0 Å². The van der Waals surface area contributed by atoms with Crippen LogP contribution < -0.4 is 0 Å². The van der Waals surface area contributed by atoms with Crippen molar-refractivity contribution in [2.75, 3.05) is 6.61 Å². The minimum absolute atomic E-state index is 0.0225. The first-order valence-electron chi connectivity index (χ1n) is 4.75. The van der Waals surface area contributed by atoms with Crippen LogP contribution >= 0.6 is 0 Å². The van der Waals surface area contributed by atoms with Gasteiger partial charge >= 0.3 is 5.97 Å². The van der Waals surface area contributed by atoms with Crippen molar-refractivity contribution in [2.24, 2.45) is 17.8 Å². The molecule has 1 aliphatic rings. The zero-order valence-corrected chi connectivity index (χ0v) is 8.17. The molecule has 12 heavy (non-hydrogen) atoms. The standard InChI is InChI=1S/C10H18O2/c1-7(2)9-4-8(3)5-10(11)12-6-9/h7-9H,4-6H2,1-3H3/t8-,9-/m1/s1. The number of rotatable bonds is 1. The molecule has 0 aromatic rings. The molecule has 2 heteroatoms. The molecule has 0 radical (unpaired) electrons. The maximum Gasteiger partial charge on any atom is 0.306 e. The van der Waals surface area contributed by atoms with Crippen molar-refractivity contribution < 1.29 is 9.53 Å². The Labute approximate surface area is 74.3 Å². The van der Waals surface area contributed by atoms with Gasteiger partial charge in [-0.1, -0.05) is 20.8 Å². The van der Waals surface area contributed by atoms with E-state index in [4.69, 9.17) is 4.74 Å². The van der Waals surface area contributed by atoms with Gasteiger partial charge in [0.1, 0.15) is 0 Å². The summed E-state index contributed by atoms with van der Waals surface area (Å²) in [5, 5.41) is 0. The molecular formula is C10H18O2. The van der Waals surface area contributed by atoms with Crippen molar-refractivity contribution in [3.05, 3.63) is 0 Å². The van der Waals surface area contributed by atoms with Gasteiger partial charge in [-0.2, -0.15) is 0 Å². The summed E-state index contributed by atoms with van der Waals surface area (Å²) in [6.07, 6.45) is 1.73. The molecule has 0 unspecified atom stereocenters. The van der Waals surface area contributed by atoms with Crippen molar-refractivity contribution in [1.29, 1.82) is 0 Å². The summed E-state index contributed by atoms with van der Waals surface area (Å²) in [5.41, 5.74) is 0. The van der Waals surface area contributed by atoms with E-state index in [1.54, 1.807) is 0 Å². The van der Waals surface area contributed by atoms with Gasteiger partial charge in [-0.25, -0.2) is 0 Å². The molecule has 1 heterocycles. The molecule has 2 nitrogen and oxygen atoms in total. The third-order valence-corrected chi connectivity index (χ3v) is 2.62. The summed E-state index contributed by atoms with van der Waals surface area (Å²) in [4.78, 5) is 11.0. The van der Waals surface area contributed by atoms with Crippen molar-refractivity contribution in [2.45, 2.75) is 33.6 Å². The van der Waals surface area contributed by atoms with Crippen LogP contribution in [-0.2, 0) is 9.53 Å². The van der Waals surface area contributed by atoms with Gasteiger partial charge in [0.05, 0.1) is 6.61 Å². The molecule has 2 atom stereocenters. The summed E-state index contributed by atoms with van der Waals surface area (Å²) >= 11 is 0. The second kappa shape index (κ2) is 3.92. The van der Waals surface area contributed by atoms with Crippen molar-refractivity contribution in [1.82, 2.24) is 0 Å². The lowest BCUT2D eigenvalue weighted by atomic mass is 9.87. The highest BCUT2D eigenvalue weighted by Gasteiger charge is 2.24. The minimum Gasteiger partial charge on any atom is -0.465 e. The SMILES string of the molecule is CC(C)[C@H]1COC(=O)C[C@H](C)C1. The predicted octanol–water partition coefficient (Wildman–Crippen LogP) is 2.23. The molecule has 1 fully saturated rings. The molecule has 0 N–H and O–H groups in total. The Hall–Kier alpha value is -0.530. The number of cyclic esters (lactones) is 1. The van der Waals surface area contributed by atoms with E-state index in [2.05, 4.69) is 20.8 Å². The Morgan fingerprint density at radius 1 is 1.50 bits per heavy atom. The predicted molar refractivity (Wildman–Crippen MR) is 47.7 cm³/mol. The van der Waals surface area contributed by atoms with E-state index >= 15 is 0 Å². The largest absolute Gasteiger partial charge is 0.465 e. The normalized spacial score (nSPS) is 31.5. The van der Waals surface area contributed by atoms with E-state index in [1.165, 1.54) is 0 Å². The average molecular weight is 170 g/mol. The van der Waals surface area contributed by atoms with E-state index < -0.39 is 0 Å². The van der Waals surface area contributed by atoms with Crippen LogP contribution in [-0.4, -0.2) is 12.6 Å². The monoisotopic (exact) mass is 170 g/mol. The van der Waals surface area contributed by atoms with Gasteiger partial charge in [-0.15, -0.1) is 0 Å². The van der Waals surface area contributed by atoms with Crippen LogP contribution in [0.25, 0.3) is 0 Å². The highest BCUT2D eigenvalue weighted by molar-refractivity contribution is 5.69. The molecule has 0 spiro atoms. The van der Waals surface area contributed by atoms with E-state index in [-0.39, 0.29) is 5.97 Å². The van der Waals surface area contributed by atoms with Crippen LogP contribution in [0, 0.1) is 17.8 Å². The first-order valence-corrected chi connectivity index (χ1v) is 4.75. The third kappa shape index (κ3) is 2.50. The number of ether oxygens (including phenoxy) is 1. The molecule has 70 valence electrons. The Balaban J connectivity index is 2.52. The third-order valence-electron chi connectivity index (χ3n) is 2.62. The van der Waals surface area contributed by atoms with Crippen LogP contribution in [0.15, 0.2) is 0 Å². The summed E-state index contributed by atoms with van der Waals surface area (Å²) in [6, 6.07) is 0. The van der Waals surface area contributed by atoms with Crippen molar-refractivity contribution in [3.8, 4) is 0 Å². The second-order valence-corrected chi connectivity index (χ2v) is 4.23. The highest BCUT2D eigenvalue weighted by Crippen LogP contribution is 2.25. The van der Waals surface area contributed by atoms with E-state index in [0.29, 0.717) is 30.8 Å². The molecule has 1 saturated heterocycles. The molecule has 0 aliphatic carbocycles. The number of carbonyl (C=O) groups excluding carboxylic acids is 1. The van der Waals surface area contributed by atoms with Crippen LogP contribution in [0.1, 0.15) is 33.6 Å². The minimum atomic E-state index is -0.0225. The number of hydrogen-bond acceptors (Lipinski definition) is 2. The number of carbonyl (C=O) groups is 1. The summed E-state index contributed by atoms with van der Waals surface area (Å²) in [5.74, 6) is 1.66. The first-order chi connectivity index (χ1) is 5.59. The fraction of sp³-hybridized carbons (Fsp3) is 0.900. The van der Waals surface area contributed by atoms with Gasteiger partial charge in [0.2, 0.25) is 0 Å². The maximum absolute atomic E-state index is 11.0. The zero-order chi connectivity index (χ0) is 9.14. The van der Waals surface area contributed by atoms with Crippen LogP contribution in [0.5, 0.6) is 0 Å². The van der Waals surface area contributed by atoms with Gasteiger partial charge in [0.15, 0.2) is 0 Å². The topological polar surface area (TPSA) is 26.3 Å². The second-order valence-electron chi connectivity index (χ2n) is 4.23. The van der Waals surface area contributed by atoms with E-state index in [1.807, 2.05) is 0 Å². The molecule has 1 aliphatic heterocycles. The highest BCUT2D eigenvalue weighted by atomic mass is 16.5. The molecule has 0 amide bonds. The van der Waals surface area contributed by atoms with Crippen molar-refractivity contribution >= 4 is 5.97 Å². The van der Waals surface area contributed by atoms with Gasteiger partial charge in [0, 0.05) is 6.42 Å². The summed E-state index contributed by atoms with van der Waals surface area (Å²) < 4.78 is 5.11. The molecule has 0 saturated carbocycles. The summed E-state index contributed by atoms with van der Waals surface area (Å²) in [6.45, 7) is 7.13. The van der Waals surface area contributed by atoms with E-state index in [0.717, 1.165) is 6.42 Å². The van der Waals surface area contributed by atoms with Gasteiger partial charge in [-0.3, -0.25) is 4.79 Å². The Bertz CT molecular complexity index is 163. The Morgan fingerprint density at radius 3 is 2.75 bits per heavy atom. The molecular weight excluding hydrogens is 152 g/mol. The van der Waals surface area contributed by atoms with Crippen LogP contribution in [0.2, 0.25) is 0 Å². The fourth-order valence-electron chi connectivity index (χ4n) is 1.68. The van der Waals surface area contributed by atoms with Gasteiger partial charge in [-0.05, 0) is 24.2 Å². The quantitative estimate of drug-likeness (QED) is 0.564. The number of hydrogen-bond donors (Lipinski definition) is 0. The Kier molecular flexibility index (Phi) is 3.12. The maximum atomic E-state index is 11.0. The smallest absolute Gasteiger partial charge is 0.306 e. The van der Waals surface area contributed by atoms with E-state index in [9.17, 15) is 4.79 Å². The van der Waals surface area contributed by atoms with Crippen LogP contribution in [0.4, 0.5) is 0 Å². The molecule has 1 rings (SSSR count). The lowest BCUT2D eigenvalue weighted by Crippen LogP contribution is -2.15. The summed E-state index contributed by atoms with van der Waals surface area (Å²) in [7, 11) is 0.